The molecule has 0 N–H and O–H groups in total. The summed E-state index contributed by atoms with van der Waals surface area (Å²) in [7, 11) is 0. The van der Waals surface area contributed by atoms with Gasteiger partial charge >= 0.3 is 6.09 Å². The number of anilines is 1. The summed E-state index contributed by atoms with van der Waals surface area (Å²) in [5.74, 6) is 0.179. The van der Waals surface area contributed by atoms with E-state index in [0.717, 1.165) is 18.4 Å². The molecule has 1 amide bonds. The minimum atomic E-state index is -0.496. The molecule has 3 rings (SSSR count). The second kappa shape index (κ2) is 6.50. The molecule has 1 aromatic heterocycles. The Morgan fingerprint density at radius 1 is 1.18 bits per heavy atom. The van der Waals surface area contributed by atoms with E-state index in [9.17, 15) is 4.79 Å². The van der Waals surface area contributed by atoms with Gasteiger partial charge in [-0.05, 0) is 18.4 Å². The number of hydrogen-bond acceptors (Lipinski definition) is 4. The Kier molecular flexibility index (Phi) is 4.45. The normalized spacial score (nSPS) is 13.7. The molecule has 2 aromatic rings. The predicted molar refractivity (Wildman–Crippen MR) is 84.2 cm³/mol. The maximum Gasteiger partial charge on any atom is 0.417 e. The van der Waals surface area contributed by atoms with Gasteiger partial charge in [0.1, 0.15) is 16.9 Å². The summed E-state index contributed by atoms with van der Waals surface area (Å²) in [6.45, 7) is 0.192. The number of nitrogens with zero attached hydrogens (tertiary/aromatic N) is 3. The summed E-state index contributed by atoms with van der Waals surface area (Å²) < 4.78 is 5.35. The third kappa shape index (κ3) is 3.67. The number of hydrogen-bond donors (Lipinski definition) is 0. The fraction of sp³-hybridized carbons (Fsp3) is 0.267. The van der Waals surface area contributed by atoms with Crippen LogP contribution in [0.1, 0.15) is 18.4 Å². The highest BCUT2D eigenvalue weighted by molar-refractivity contribution is 6.33. The Morgan fingerprint density at radius 3 is 2.41 bits per heavy atom. The van der Waals surface area contributed by atoms with Crippen molar-refractivity contribution in [1.29, 1.82) is 0 Å². The Hall–Kier alpha value is -1.85. The molecule has 0 bridgehead atoms. The van der Waals surface area contributed by atoms with Crippen molar-refractivity contribution >= 4 is 35.2 Å². The summed E-state index contributed by atoms with van der Waals surface area (Å²) in [5.41, 5.74) is 0.914. The van der Waals surface area contributed by atoms with Gasteiger partial charge in [-0.1, -0.05) is 53.5 Å². The van der Waals surface area contributed by atoms with Crippen molar-refractivity contribution in [1.82, 2.24) is 9.97 Å². The maximum atomic E-state index is 12.4. The van der Waals surface area contributed by atoms with Gasteiger partial charge < -0.3 is 4.74 Å². The van der Waals surface area contributed by atoms with E-state index in [1.807, 2.05) is 30.3 Å². The molecule has 0 spiro atoms. The van der Waals surface area contributed by atoms with E-state index in [1.165, 1.54) is 11.0 Å². The molecule has 0 radical (unpaired) electrons. The number of rotatable bonds is 4. The van der Waals surface area contributed by atoms with Crippen LogP contribution in [0.25, 0.3) is 0 Å². The van der Waals surface area contributed by atoms with Crippen molar-refractivity contribution in [2.75, 3.05) is 4.90 Å². The largest absolute Gasteiger partial charge is 0.444 e. The number of benzene rings is 1. The van der Waals surface area contributed by atoms with Crippen LogP contribution in [0.2, 0.25) is 10.3 Å². The fourth-order valence-electron chi connectivity index (χ4n) is 2.00. The van der Waals surface area contributed by atoms with Crippen LogP contribution in [0.3, 0.4) is 0 Å². The zero-order valence-corrected chi connectivity index (χ0v) is 13.1. The van der Waals surface area contributed by atoms with E-state index in [-0.39, 0.29) is 28.9 Å². The Bertz CT molecular complexity index is 657. The molecule has 0 saturated heterocycles. The molecule has 0 aliphatic heterocycles. The number of carbonyl (C=O) groups is 1. The molecular formula is C15H13Cl2N3O2. The highest BCUT2D eigenvalue weighted by Crippen LogP contribution is 2.31. The Labute approximate surface area is 137 Å². The van der Waals surface area contributed by atoms with Crippen molar-refractivity contribution < 1.29 is 9.53 Å². The average Bonchev–Trinajstić information content (AvgIpc) is 3.30. The molecule has 114 valence electrons. The van der Waals surface area contributed by atoms with E-state index in [0.29, 0.717) is 0 Å². The lowest BCUT2D eigenvalue weighted by molar-refractivity contribution is 0.146. The first-order valence-corrected chi connectivity index (χ1v) is 7.59. The lowest BCUT2D eigenvalue weighted by atomic mass is 10.2. The molecule has 0 atom stereocenters. The summed E-state index contributed by atoms with van der Waals surface area (Å²) >= 11 is 11.8. The maximum absolute atomic E-state index is 12.4. The zero-order valence-electron chi connectivity index (χ0n) is 11.6. The van der Waals surface area contributed by atoms with Gasteiger partial charge in [0.05, 0.1) is 0 Å². The van der Waals surface area contributed by atoms with Gasteiger partial charge in [-0.3, -0.25) is 0 Å². The first kappa shape index (κ1) is 15.1. The first-order valence-electron chi connectivity index (χ1n) is 6.83. The average molecular weight is 338 g/mol. The second-order valence-corrected chi connectivity index (χ2v) is 5.73. The van der Waals surface area contributed by atoms with Crippen molar-refractivity contribution in [3.05, 3.63) is 52.3 Å². The van der Waals surface area contributed by atoms with Crippen LogP contribution in [-0.4, -0.2) is 22.1 Å². The highest BCUT2D eigenvalue weighted by atomic mass is 35.5. The van der Waals surface area contributed by atoms with E-state index >= 15 is 0 Å². The van der Waals surface area contributed by atoms with Crippen LogP contribution in [0.5, 0.6) is 0 Å². The molecule has 1 heterocycles. The molecule has 5 nitrogen and oxygen atoms in total. The van der Waals surface area contributed by atoms with Crippen LogP contribution in [0.15, 0.2) is 36.4 Å². The smallest absolute Gasteiger partial charge is 0.417 e. The first-order chi connectivity index (χ1) is 10.6. The minimum absolute atomic E-state index is 0.0396. The Balaban J connectivity index is 1.74. The van der Waals surface area contributed by atoms with Crippen LogP contribution in [0.4, 0.5) is 10.7 Å². The van der Waals surface area contributed by atoms with Gasteiger partial charge in [-0.25, -0.2) is 19.7 Å². The predicted octanol–water partition coefficient (Wildman–Crippen LogP) is 4.09. The molecule has 1 fully saturated rings. The summed E-state index contributed by atoms with van der Waals surface area (Å²) in [4.78, 5) is 21.9. The molecule has 7 heteroatoms. The number of aromatic nitrogens is 2. The quantitative estimate of drug-likeness (QED) is 0.788. The van der Waals surface area contributed by atoms with Crippen molar-refractivity contribution in [3.63, 3.8) is 0 Å². The van der Waals surface area contributed by atoms with Crippen LogP contribution < -0.4 is 4.90 Å². The van der Waals surface area contributed by atoms with Gasteiger partial charge in [0.2, 0.25) is 5.95 Å². The third-order valence-electron chi connectivity index (χ3n) is 3.18. The van der Waals surface area contributed by atoms with Crippen molar-refractivity contribution in [2.45, 2.75) is 25.5 Å². The third-order valence-corrected chi connectivity index (χ3v) is 3.57. The lowest BCUT2D eigenvalue weighted by Crippen LogP contribution is -2.35. The van der Waals surface area contributed by atoms with Crippen LogP contribution in [0, 0.1) is 0 Å². The van der Waals surface area contributed by atoms with E-state index in [2.05, 4.69) is 9.97 Å². The SMILES string of the molecule is O=C(OCc1ccccc1)N(c1nc(Cl)cc(Cl)n1)C1CC1. The van der Waals surface area contributed by atoms with E-state index < -0.39 is 6.09 Å². The summed E-state index contributed by atoms with van der Waals surface area (Å²) in [6, 6.07) is 10.9. The minimum Gasteiger partial charge on any atom is -0.444 e. The molecule has 1 aliphatic rings. The van der Waals surface area contributed by atoms with E-state index in [1.54, 1.807) is 0 Å². The lowest BCUT2D eigenvalue weighted by Gasteiger charge is -2.20. The Morgan fingerprint density at radius 2 is 1.82 bits per heavy atom. The van der Waals surface area contributed by atoms with Gasteiger partial charge in [0.25, 0.3) is 0 Å². The molecule has 0 unspecified atom stereocenters. The number of ether oxygens (including phenoxy) is 1. The summed E-state index contributed by atoms with van der Waals surface area (Å²) in [5, 5.41) is 0.382. The molecule has 1 aromatic carbocycles. The topological polar surface area (TPSA) is 55.3 Å². The van der Waals surface area contributed by atoms with Crippen LogP contribution in [-0.2, 0) is 11.3 Å². The number of carbonyl (C=O) groups excluding carboxylic acids is 1. The second-order valence-electron chi connectivity index (χ2n) is 4.95. The van der Waals surface area contributed by atoms with E-state index in [4.69, 9.17) is 27.9 Å². The molecular weight excluding hydrogens is 325 g/mol. The van der Waals surface area contributed by atoms with Crippen molar-refractivity contribution in [2.24, 2.45) is 0 Å². The van der Waals surface area contributed by atoms with Gasteiger partial charge in [-0.2, -0.15) is 0 Å². The molecule has 1 saturated carbocycles. The molecule has 1 aliphatic carbocycles. The van der Waals surface area contributed by atoms with Gasteiger partial charge in [0.15, 0.2) is 0 Å². The number of amides is 1. The van der Waals surface area contributed by atoms with Crippen molar-refractivity contribution in [3.8, 4) is 0 Å². The van der Waals surface area contributed by atoms with Gasteiger partial charge in [-0.15, -0.1) is 0 Å². The van der Waals surface area contributed by atoms with Crippen LogP contribution >= 0.6 is 23.2 Å². The summed E-state index contributed by atoms with van der Waals surface area (Å²) in [6.07, 6.45) is 1.27. The zero-order chi connectivity index (χ0) is 15.5. The molecule has 22 heavy (non-hydrogen) atoms. The van der Waals surface area contributed by atoms with Gasteiger partial charge in [0, 0.05) is 12.1 Å². The highest BCUT2D eigenvalue weighted by Gasteiger charge is 2.37. The monoisotopic (exact) mass is 337 g/mol. The number of halogens is 2. The standard InChI is InChI=1S/C15H13Cl2N3O2/c16-12-8-13(17)19-14(18-12)20(11-6-7-11)15(21)22-9-10-4-2-1-3-5-10/h1-5,8,11H,6-7,9H2. The fourth-order valence-corrected chi connectivity index (χ4v) is 2.42.